The molecular weight excluding hydrogens is 506 g/mol. The largest absolute Gasteiger partial charge is 0.483 e. The summed E-state index contributed by atoms with van der Waals surface area (Å²) in [6.07, 6.45) is 1.29. The minimum atomic E-state index is -0.848. The van der Waals surface area contributed by atoms with Gasteiger partial charge in [0.2, 0.25) is 0 Å². The summed E-state index contributed by atoms with van der Waals surface area (Å²) < 4.78 is 5.73. The van der Waals surface area contributed by atoms with E-state index in [0.29, 0.717) is 22.0 Å². The quantitative estimate of drug-likeness (QED) is 0.333. The number of urea groups is 1. The van der Waals surface area contributed by atoms with Gasteiger partial charge in [-0.15, -0.1) is 0 Å². The third-order valence-corrected chi connectivity index (χ3v) is 6.59. The van der Waals surface area contributed by atoms with Crippen molar-refractivity contribution < 1.29 is 23.9 Å². The number of imide groups is 2. The van der Waals surface area contributed by atoms with Gasteiger partial charge in [0.15, 0.2) is 6.61 Å². The number of rotatable bonds is 6. The molecule has 0 aromatic heterocycles. The number of carbonyl (C=O) groups is 4. The first-order valence-electron chi connectivity index (χ1n) is 11.8. The van der Waals surface area contributed by atoms with Crippen molar-refractivity contribution in [2.75, 3.05) is 16.8 Å². The lowest BCUT2D eigenvalue weighted by Gasteiger charge is -2.27. The molecule has 1 fully saturated rings. The molecular formula is C29H26ClN3O5. The second-order valence-corrected chi connectivity index (χ2v) is 9.43. The second kappa shape index (κ2) is 10.9. The zero-order valence-corrected chi connectivity index (χ0v) is 22.1. The number of hydrogen-bond acceptors (Lipinski definition) is 5. The predicted molar refractivity (Wildman–Crippen MR) is 146 cm³/mol. The molecule has 4 rings (SSSR count). The van der Waals surface area contributed by atoms with Crippen LogP contribution in [0.2, 0.25) is 5.02 Å². The summed E-state index contributed by atoms with van der Waals surface area (Å²) in [5.41, 5.74) is 4.89. The highest BCUT2D eigenvalue weighted by Gasteiger charge is 2.37. The maximum absolute atomic E-state index is 13.3. The molecule has 0 radical (unpaired) electrons. The van der Waals surface area contributed by atoms with E-state index >= 15 is 0 Å². The summed E-state index contributed by atoms with van der Waals surface area (Å²) in [7, 11) is 0. The molecule has 5 amide bonds. The van der Waals surface area contributed by atoms with Crippen LogP contribution in [0.1, 0.15) is 27.8 Å². The van der Waals surface area contributed by atoms with Crippen LogP contribution in [-0.2, 0) is 14.4 Å². The van der Waals surface area contributed by atoms with Gasteiger partial charge < -0.3 is 10.1 Å². The molecule has 0 aliphatic carbocycles. The van der Waals surface area contributed by atoms with Crippen molar-refractivity contribution in [2.24, 2.45) is 0 Å². The lowest BCUT2D eigenvalue weighted by atomic mass is 10.0. The Morgan fingerprint density at radius 1 is 0.974 bits per heavy atom. The van der Waals surface area contributed by atoms with E-state index in [9.17, 15) is 19.2 Å². The zero-order chi connectivity index (χ0) is 27.6. The summed E-state index contributed by atoms with van der Waals surface area (Å²) in [5.74, 6) is -1.79. The van der Waals surface area contributed by atoms with Crippen LogP contribution in [0, 0.1) is 27.7 Å². The van der Waals surface area contributed by atoms with E-state index in [-0.39, 0.29) is 23.8 Å². The molecule has 0 atom stereocenters. The Labute approximate surface area is 225 Å². The monoisotopic (exact) mass is 531 g/mol. The van der Waals surface area contributed by atoms with Gasteiger partial charge in [-0.3, -0.25) is 19.7 Å². The van der Waals surface area contributed by atoms with Gasteiger partial charge in [-0.2, -0.15) is 0 Å². The number of barbiturate groups is 1. The molecule has 0 saturated carbocycles. The van der Waals surface area contributed by atoms with Crippen LogP contribution in [0.15, 0.2) is 60.2 Å². The highest BCUT2D eigenvalue weighted by molar-refractivity contribution is 6.39. The number of ether oxygens (including phenoxy) is 1. The lowest BCUT2D eigenvalue weighted by molar-refractivity contribution is -0.122. The van der Waals surface area contributed by atoms with Crippen LogP contribution in [0.5, 0.6) is 5.75 Å². The van der Waals surface area contributed by atoms with Crippen LogP contribution in [0.3, 0.4) is 0 Å². The maximum Gasteiger partial charge on any atom is 0.335 e. The number of hydrogen-bond donors (Lipinski definition) is 2. The number of nitrogens with one attached hydrogen (secondary N) is 2. The van der Waals surface area contributed by atoms with Crippen LogP contribution in [0.4, 0.5) is 16.2 Å². The Morgan fingerprint density at radius 2 is 1.74 bits per heavy atom. The Kier molecular flexibility index (Phi) is 7.64. The SMILES string of the molecule is Cc1ccc(N2C(=O)NC(=O)/C(=C/c3cc(Cl)ccc3OCC(=O)Nc3cccc(C)c3C)C2=O)cc1C. The number of amides is 5. The molecule has 3 aromatic rings. The van der Waals surface area contributed by atoms with Crippen molar-refractivity contribution in [3.63, 3.8) is 0 Å². The van der Waals surface area contributed by atoms with Gasteiger partial charge in [0, 0.05) is 16.3 Å². The normalized spacial score (nSPS) is 14.5. The number of anilines is 2. The van der Waals surface area contributed by atoms with Crippen molar-refractivity contribution in [1.82, 2.24) is 5.32 Å². The highest BCUT2D eigenvalue weighted by Crippen LogP contribution is 2.29. The van der Waals surface area contributed by atoms with Crippen molar-refractivity contribution in [1.29, 1.82) is 0 Å². The smallest absolute Gasteiger partial charge is 0.335 e. The molecule has 1 heterocycles. The van der Waals surface area contributed by atoms with Crippen LogP contribution < -0.4 is 20.3 Å². The third kappa shape index (κ3) is 5.60. The van der Waals surface area contributed by atoms with Crippen molar-refractivity contribution >= 4 is 52.8 Å². The first-order chi connectivity index (χ1) is 18.0. The Balaban J connectivity index is 1.59. The van der Waals surface area contributed by atoms with E-state index in [1.165, 1.54) is 18.2 Å². The molecule has 1 aliphatic rings. The fraction of sp³-hybridized carbons (Fsp3) is 0.172. The van der Waals surface area contributed by atoms with Gasteiger partial charge in [-0.05, 0) is 92.4 Å². The first-order valence-corrected chi connectivity index (χ1v) is 12.2. The van der Waals surface area contributed by atoms with E-state index in [4.69, 9.17) is 16.3 Å². The van der Waals surface area contributed by atoms with E-state index < -0.39 is 17.8 Å². The summed E-state index contributed by atoms with van der Waals surface area (Å²) in [6, 6.07) is 14.5. The van der Waals surface area contributed by atoms with Crippen LogP contribution in [-0.4, -0.2) is 30.4 Å². The Hall–Kier alpha value is -4.43. The molecule has 3 aromatic carbocycles. The molecule has 0 spiro atoms. The van der Waals surface area contributed by atoms with E-state index in [1.54, 1.807) is 30.3 Å². The number of carbonyl (C=O) groups excluding carboxylic acids is 4. The minimum Gasteiger partial charge on any atom is -0.483 e. The van der Waals surface area contributed by atoms with E-state index in [2.05, 4.69) is 10.6 Å². The maximum atomic E-state index is 13.3. The Bertz CT molecular complexity index is 1510. The summed E-state index contributed by atoms with van der Waals surface area (Å²) >= 11 is 6.18. The summed E-state index contributed by atoms with van der Waals surface area (Å²) in [5, 5.41) is 5.35. The van der Waals surface area contributed by atoms with E-state index in [0.717, 1.165) is 27.2 Å². The average molecular weight is 532 g/mol. The summed E-state index contributed by atoms with van der Waals surface area (Å²) in [6.45, 7) is 7.31. The van der Waals surface area contributed by atoms with Gasteiger partial charge in [0.05, 0.1) is 5.69 Å². The molecule has 1 saturated heterocycles. The summed E-state index contributed by atoms with van der Waals surface area (Å²) in [4.78, 5) is 52.0. The molecule has 8 nitrogen and oxygen atoms in total. The first kappa shape index (κ1) is 26.6. The van der Waals surface area contributed by atoms with Gasteiger partial charge in [0.1, 0.15) is 11.3 Å². The van der Waals surface area contributed by atoms with Crippen LogP contribution in [0.25, 0.3) is 6.08 Å². The van der Waals surface area contributed by atoms with Gasteiger partial charge in [-0.25, -0.2) is 9.69 Å². The highest BCUT2D eigenvalue weighted by atomic mass is 35.5. The van der Waals surface area contributed by atoms with Crippen molar-refractivity contribution in [2.45, 2.75) is 27.7 Å². The standard InChI is InChI=1S/C29H26ClN3O5/c1-16-8-10-22(12-18(16)3)33-28(36)23(27(35)32-29(33)37)14-20-13-21(30)9-11-25(20)38-15-26(34)31-24-7-5-6-17(2)19(24)4/h5-14H,15H2,1-4H3,(H,31,34)(H,32,35,37)/b23-14-. The van der Waals surface area contributed by atoms with Crippen molar-refractivity contribution in [3.05, 3.63) is 93.0 Å². The molecule has 2 N–H and O–H groups in total. The van der Waals surface area contributed by atoms with Gasteiger partial charge in [0.25, 0.3) is 17.7 Å². The fourth-order valence-corrected chi connectivity index (χ4v) is 4.07. The molecule has 38 heavy (non-hydrogen) atoms. The lowest BCUT2D eigenvalue weighted by Crippen LogP contribution is -2.54. The number of aryl methyl sites for hydroxylation is 3. The second-order valence-electron chi connectivity index (χ2n) is 8.99. The molecule has 9 heteroatoms. The zero-order valence-electron chi connectivity index (χ0n) is 21.3. The number of benzene rings is 3. The van der Waals surface area contributed by atoms with E-state index in [1.807, 2.05) is 39.8 Å². The average Bonchev–Trinajstić information content (AvgIpc) is 2.86. The minimum absolute atomic E-state index is 0.230. The fourth-order valence-electron chi connectivity index (χ4n) is 3.89. The molecule has 1 aliphatic heterocycles. The van der Waals surface area contributed by atoms with Gasteiger partial charge >= 0.3 is 6.03 Å². The van der Waals surface area contributed by atoms with Crippen LogP contribution >= 0.6 is 11.6 Å². The molecule has 0 unspecified atom stereocenters. The Morgan fingerprint density at radius 3 is 2.47 bits per heavy atom. The predicted octanol–water partition coefficient (Wildman–Crippen LogP) is 5.26. The topological polar surface area (TPSA) is 105 Å². The van der Waals surface area contributed by atoms with Crippen molar-refractivity contribution in [3.8, 4) is 5.75 Å². The molecule has 194 valence electrons. The number of nitrogens with zero attached hydrogens (tertiary/aromatic N) is 1. The third-order valence-electron chi connectivity index (χ3n) is 6.36. The van der Waals surface area contributed by atoms with Gasteiger partial charge in [-0.1, -0.05) is 29.8 Å². The molecule has 0 bridgehead atoms. The number of halogens is 1.